The highest BCUT2D eigenvalue weighted by atomic mass is 19.1. The summed E-state index contributed by atoms with van der Waals surface area (Å²) in [4.78, 5) is 16.5. The van der Waals surface area contributed by atoms with Crippen LogP contribution in [0.25, 0.3) is 0 Å². The van der Waals surface area contributed by atoms with Crippen molar-refractivity contribution < 1.29 is 23.0 Å². The molecule has 0 bridgehead atoms. The van der Waals surface area contributed by atoms with Crippen LogP contribution in [0.4, 0.5) is 8.78 Å². The lowest BCUT2D eigenvalue weighted by Crippen LogP contribution is -2.31. The maximum Gasteiger partial charge on any atom is 0.336 e. The standard InChI is InChI=1S/C17H16F2N2O3/c1-9-10(7-20)14(15-11(18)5-4-6-12(15)19)16(17(22)24-3)13(21-9)8-23-2/h4-6,10,14H,8H2,1-3H3/t10?,14-/m0/s1. The van der Waals surface area contributed by atoms with Gasteiger partial charge in [-0.1, -0.05) is 6.07 Å². The van der Waals surface area contributed by atoms with Crippen molar-refractivity contribution in [3.63, 3.8) is 0 Å². The van der Waals surface area contributed by atoms with Gasteiger partial charge in [-0.2, -0.15) is 5.26 Å². The van der Waals surface area contributed by atoms with Crippen LogP contribution in [0.3, 0.4) is 0 Å². The minimum absolute atomic E-state index is 0.0491. The minimum Gasteiger partial charge on any atom is -0.466 e. The summed E-state index contributed by atoms with van der Waals surface area (Å²) in [6, 6.07) is 5.36. The van der Waals surface area contributed by atoms with Crippen LogP contribution in [0.1, 0.15) is 18.4 Å². The SMILES string of the molecule is COCC1=C(C(=O)OC)[C@H](c2c(F)cccc2F)C(C#N)C(C)=N1. The van der Waals surface area contributed by atoms with E-state index in [1.54, 1.807) is 6.92 Å². The predicted molar refractivity (Wildman–Crippen MR) is 82.2 cm³/mol. The number of nitrogens with zero attached hydrogens (tertiary/aromatic N) is 2. The molecular formula is C17H16F2N2O3. The van der Waals surface area contributed by atoms with Gasteiger partial charge < -0.3 is 9.47 Å². The van der Waals surface area contributed by atoms with Gasteiger partial charge in [-0.05, 0) is 19.1 Å². The Morgan fingerprint density at radius 3 is 2.46 bits per heavy atom. The molecular weight excluding hydrogens is 318 g/mol. The number of halogens is 2. The van der Waals surface area contributed by atoms with E-state index in [4.69, 9.17) is 9.47 Å². The van der Waals surface area contributed by atoms with Gasteiger partial charge in [0.15, 0.2) is 0 Å². The van der Waals surface area contributed by atoms with Crippen LogP contribution in [-0.2, 0) is 14.3 Å². The number of hydrogen-bond donors (Lipinski definition) is 0. The van der Waals surface area contributed by atoms with Gasteiger partial charge in [0.1, 0.15) is 11.6 Å². The summed E-state index contributed by atoms with van der Waals surface area (Å²) in [6.07, 6.45) is 0. The Morgan fingerprint density at radius 1 is 1.33 bits per heavy atom. The van der Waals surface area contributed by atoms with Crippen LogP contribution in [-0.4, -0.2) is 32.5 Å². The predicted octanol–water partition coefficient (Wildman–Crippen LogP) is 2.74. The van der Waals surface area contributed by atoms with Crippen molar-refractivity contribution in [3.05, 3.63) is 46.7 Å². The number of aliphatic imine (C=N–C) groups is 1. The number of benzene rings is 1. The van der Waals surface area contributed by atoms with Gasteiger partial charge in [0.25, 0.3) is 0 Å². The Labute approximate surface area is 138 Å². The summed E-state index contributed by atoms with van der Waals surface area (Å²) < 4.78 is 38.4. The summed E-state index contributed by atoms with van der Waals surface area (Å²) >= 11 is 0. The van der Waals surface area contributed by atoms with Crippen molar-refractivity contribution in [2.75, 3.05) is 20.8 Å². The summed E-state index contributed by atoms with van der Waals surface area (Å²) in [5.41, 5.74) is 0.124. The van der Waals surface area contributed by atoms with Crippen molar-refractivity contribution in [1.82, 2.24) is 0 Å². The quantitative estimate of drug-likeness (QED) is 0.794. The topological polar surface area (TPSA) is 71.7 Å². The van der Waals surface area contributed by atoms with Crippen LogP contribution in [0.15, 0.2) is 34.5 Å². The molecule has 0 saturated heterocycles. The first-order valence-corrected chi connectivity index (χ1v) is 7.15. The largest absolute Gasteiger partial charge is 0.466 e. The fourth-order valence-electron chi connectivity index (χ4n) is 2.82. The molecule has 1 unspecified atom stereocenters. The van der Waals surface area contributed by atoms with E-state index in [0.29, 0.717) is 5.71 Å². The van der Waals surface area contributed by atoms with E-state index in [0.717, 1.165) is 19.2 Å². The normalized spacial score (nSPS) is 20.4. The summed E-state index contributed by atoms with van der Waals surface area (Å²) in [5, 5.41) is 9.48. The second-order valence-corrected chi connectivity index (χ2v) is 5.26. The Kier molecular flexibility index (Phi) is 5.42. The molecule has 1 aromatic rings. The molecule has 0 amide bonds. The molecule has 5 nitrogen and oxygen atoms in total. The number of rotatable bonds is 4. The molecule has 0 saturated carbocycles. The summed E-state index contributed by atoms with van der Waals surface area (Å²) in [5.74, 6) is -4.63. The summed E-state index contributed by atoms with van der Waals surface area (Å²) in [7, 11) is 2.56. The number of ether oxygens (including phenoxy) is 2. The Bertz CT molecular complexity index is 745. The molecule has 1 aliphatic heterocycles. The molecule has 0 N–H and O–H groups in total. The van der Waals surface area contributed by atoms with E-state index >= 15 is 0 Å². The maximum atomic E-state index is 14.3. The lowest BCUT2D eigenvalue weighted by atomic mass is 9.76. The molecule has 0 radical (unpaired) electrons. The van der Waals surface area contributed by atoms with Gasteiger partial charge in [0.2, 0.25) is 0 Å². The fraction of sp³-hybridized carbons (Fsp3) is 0.353. The van der Waals surface area contributed by atoms with Gasteiger partial charge in [-0.15, -0.1) is 0 Å². The molecule has 1 aliphatic rings. The van der Waals surface area contributed by atoms with E-state index in [9.17, 15) is 18.8 Å². The third kappa shape index (κ3) is 3.05. The zero-order valence-electron chi connectivity index (χ0n) is 13.5. The molecule has 0 aliphatic carbocycles. The number of carbonyl (C=O) groups is 1. The number of carbonyl (C=O) groups excluding carboxylic acids is 1. The second-order valence-electron chi connectivity index (χ2n) is 5.26. The van der Waals surface area contributed by atoms with E-state index in [-0.39, 0.29) is 23.4 Å². The monoisotopic (exact) mass is 334 g/mol. The third-order valence-corrected chi connectivity index (χ3v) is 3.85. The zero-order valence-corrected chi connectivity index (χ0v) is 13.5. The number of nitriles is 1. The average molecular weight is 334 g/mol. The van der Waals surface area contributed by atoms with Crippen LogP contribution in [0.5, 0.6) is 0 Å². The molecule has 0 fully saturated rings. The van der Waals surface area contributed by atoms with Crippen LogP contribution in [0.2, 0.25) is 0 Å². The van der Waals surface area contributed by atoms with Gasteiger partial charge in [0.05, 0.1) is 37.0 Å². The lowest BCUT2D eigenvalue weighted by molar-refractivity contribution is -0.136. The first-order valence-electron chi connectivity index (χ1n) is 7.15. The van der Waals surface area contributed by atoms with E-state index in [2.05, 4.69) is 4.99 Å². The van der Waals surface area contributed by atoms with Crippen molar-refractivity contribution in [2.45, 2.75) is 12.8 Å². The average Bonchev–Trinajstić information content (AvgIpc) is 2.54. The highest BCUT2D eigenvalue weighted by Gasteiger charge is 2.41. The van der Waals surface area contributed by atoms with Crippen LogP contribution < -0.4 is 0 Å². The van der Waals surface area contributed by atoms with Gasteiger partial charge in [0, 0.05) is 24.3 Å². The zero-order chi connectivity index (χ0) is 17.9. The summed E-state index contributed by atoms with van der Waals surface area (Å²) in [6.45, 7) is 1.52. The van der Waals surface area contributed by atoms with Crippen LogP contribution in [0, 0.1) is 28.9 Å². The van der Waals surface area contributed by atoms with Crippen molar-refractivity contribution in [3.8, 4) is 6.07 Å². The number of methoxy groups -OCH3 is 2. The van der Waals surface area contributed by atoms with Gasteiger partial charge >= 0.3 is 5.97 Å². The first-order chi connectivity index (χ1) is 11.5. The van der Waals surface area contributed by atoms with Crippen molar-refractivity contribution in [1.29, 1.82) is 5.26 Å². The highest BCUT2D eigenvalue weighted by Crippen LogP contribution is 2.41. The third-order valence-electron chi connectivity index (χ3n) is 3.85. The Morgan fingerprint density at radius 2 is 1.96 bits per heavy atom. The van der Waals surface area contributed by atoms with Crippen LogP contribution >= 0.6 is 0 Å². The smallest absolute Gasteiger partial charge is 0.336 e. The van der Waals surface area contributed by atoms with Crippen molar-refractivity contribution >= 4 is 11.7 Å². The molecule has 126 valence electrons. The molecule has 1 heterocycles. The van der Waals surface area contributed by atoms with Gasteiger partial charge in [-0.25, -0.2) is 13.6 Å². The first kappa shape index (κ1) is 17.8. The molecule has 7 heteroatoms. The lowest BCUT2D eigenvalue weighted by Gasteiger charge is -2.29. The molecule has 1 aromatic carbocycles. The number of hydrogen-bond acceptors (Lipinski definition) is 5. The van der Waals surface area contributed by atoms with Gasteiger partial charge in [-0.3, -0.25) is 4.99 Å². The Balaban J connectivity index is 2.78. The van der Waals surface area contributed by atoms with Crippen molar-refractivity contribution in [2.24, 2.45) is 10.9 Å². The number of esters is 1. The molecule has 24 heavy (non-hydrogen) atoms. The molecule has 0 aromatic heterocycles. The minimum atomic E-state index is -1.16. The van der Waals surface area contributed by atoms with E-state index < -0.39 is 29.4 Å². The molecule has 2 atom stereocenters. The van der Waals surface area contributed by atoms with E-state index in [1.165, 1.54) is 13.2 Å². The maximum absolute atomic E-state index is 14.3. The molecule has 2 rings (SSSR count). The Hall–Kier alpha value is -2.59. The molecule has 0 spiro atoms. The van der Waals surface area contributed by atoms with E-state index in [1.807, 2.05) is 6.07 Å². The highest BCUT2D eigenvalue weighted by molar-refractivity contribution is 5.98. The fourth-order valence-corrected chi connectivity index (χ4v) is 2.82. The second kappa shape index (κ2) is 7.32.